The van der Waals surface area contributed by atoms with E-state index in [0.717, 1.165) is 19.3 Å². The molecule has 3 rings (SSSR count). The van der Waals surface area contributed by atoms with Crippen LogP contribution in [0.5, 0.6) is 0 Å². The summed E-state index contributed by atoms with van der Waals surface area (Å²) in [5.74, 6) is -1.25. The molecule has 2 aromatic rings. The third-order valence-electron chi connectivity index (χ3n) is 5.69. The Morgan fingerprint density at radius 2 is 1.53 bits per heavy atom. The van der Waals surface area contributed by atoms with E-state index < -0.39 is 18.1 Å². The van der Waals surface area contributed by atoms with Gasteiger partial charge in [0.1, 0.15) is 12.6 Å². The van der Waals surface area contributed by atoms with Crippen LogP contribution in [0.25, 0.3) is 11.1 Å². The number of hydrogen-bond acceptors (Lipinski definition) is 4. The number of carbonyl (C=O) groups excluding carboxylic acids is 2. The molecule has 7 nitrogen and oxygen atoms in total. The molecule has 1 atom stereocenters. The van der Waals surface area contributed by atoms with Crippen molar-refractivity contribution in [2.45, 2.75) is 51.0 Å². The van der Waals surface area contributed by atoms with Gasteiger partial charge in [-0.1, -0.05) is 61.4 Å². The fourth-order valence-corrected chi connectivity index (χ4v) is 3.98. The Morgan fingerprint density at radius 1 is 0.938 bits per heavy atom. The normalized spacial score (nSPS) is 13.0. The van der Waals surface area contributed by atoms with Gasteiger partial charge in [-0.3, -0.25) is 9.59 Å². The van der Waals surface area contributed by atoms with Crippen LogP contribution >= 0.6 is 0 Å². The number of alkyl carbamates (subject to hydrolysis) is 1. The summed E-state index contributed by atoms with van der Waals surface area (Å²) in [4.78, 5) is 34.5. The minimum absolute atomic E-state index is 0.0446. The third kappa shape index (κ3) is 6.09. The lowest BCUT2D eigenvalue weighted by atomic mass is 9.98. The zero-order valence-corrected chi connectivity index (χ0v) is 18.3. The highest BCUT2D eigenvalue weighted by atomic mass is 16.5. The van der Waals surface area contributed by atoms with Crippen LogP contribution < -0.4 is 10.6 Å². The monoisotopic (exact) mass is 438 g/mol. The molecule has 7 heteroatoms. The Kier molecular flexibility index (Phi) is 8.25. The number of carboxylic acid groups (broad SMARTS) is 1. The van der Waals surface area contributed by atoms with Crippen LogP contribution in [0.1, 0.15) is 56.1 Å². The van der Waals surface area contributed by atoms with Gasteiger partial charge in [0.15, 0.2) is 0 Å². The number of carboxylic acids is 1. The second-order valence-corrected chi connectivity index (χ2v) is 8.04. The topological polar surface area (TPSA) is 105 Å². The van der Waals surface area contributed by atoms with Crippen LogP contribution in [0.15, 0.2) is 48.5 Å². The summed E-state index contributed by atoms with van der Waals surface area (Å²) in [5.41, 5.74) is 4.76. The minimum Gasteiger partial charge on any atom is -0.480 e. The second-order valence-electron chi connectivity index (χ2n) is 8.04. The Bertz CT molecular complexity index is 913. The quantitative estimate of drug-likeness (QED) is 0.459. The van der Waals surface area contributed by atoms with Crippen molar-refractivity contribution < 1.29 is 24.2 Å². The molecule has 0 bridgehead atoms. The van der Waals surface area contributed by atoms with E-state index in [2.05, 4.69) is 34.9 Å². The molecule has 0 fully saturated rings. The molecular weight excluding hydrogens is 408 g/mol. The summed E-state index contributed by atoms with van der Waals surface area (Å²) in [6.45, 7) is 2.25. The van der Waals surface area contributed by atoms with Gasteiger partial charge in [0.25, 0.3) is 0 Å². The van der Waals surface area contributed by atoms with E-state index in [-0.39, 0.29) is 11.8 Å². The first kappa shape index (κ1) is 23.3. The van der Waals surface area contributed by atoms with Gasteiger partial charge in [0, 0.05) is 18.9 Å². The number of nitrogens with one attached hydrogen (secondary N) is 2. The third-order valence-corrected chi connectivity index (χ3v) is 5.69. The Balaban J connectivity index is 1.31. The van der Waals surface area contributed by atoms with E-state index in [1.807, 2.05) is 24.3 Å². The zero-order chi connectivity index (χ0) is 22.9. The van der Waals surface area contributed by atoms with E-state index in [4.69, 9.17) is 9.84 Å². The first-order valence-electron chi connectivity index (χ1n) is 11.1. The molecule has 170 valence electrons. The van der Waals surface area contributed by atoms with E-state index in [1.54, 1.807) is 0 Å². The number of aliphatic carboxylic acids is 1. The Hall–Kier alpha value is -3.35. The van der Waals surface area contributed by atoms with Crippen LogP contribution in [0.3, 0.4) is 0 Å². The summed E-state index contributed by atoms with van der Waals surface area (Å²) in [6.07, 6.45) is 3.05. The first-order chi connectivity index (χ1) is 15.5. The van der Waals surface area contributed by atoms with Crippen molar-refractivity contribution >= 4 is 18.0 Å². The van der Waals surface area contributed by atoms with Crippen molar-refractivity contribution in [3.63, 3.8) is 0 Å². The molecule has 3 N–H and O–H groups in total. The molecule has 2 aromatic carbocycles. The number of benzene rings is 2. The summed E-state index contributed by atoms with van der Waals surface area (Å²) in [7, 11) is 0. The molecule has 0 saturated carbocycles. The molecule has 32 heavy (non-hydrogen) atoms. The number of ether oxygens (including phenoxy) is 1. The fraction of sp³-hybridized carbons (Fsp3) is 0.400. The summed E-state index contributed by atoms with van der Waals surface area (Å²) in [5, 5.41) is 14.0. The Morgan fingerprint density at radius 3 is 2.16 bits per heavy atom. The predicted octanol–water partition coefficient (Wildman–Crippen LogP) is 4.06. The smallest absolute Gasteiger partial charge is 0.407 e. The maximum absolute atomic E-state index is 12.1. The molecule has 1 aliphatic carbocycles. The molecule has 0 aliphatic heterocycles. The Labute approximate surface area is 188 Å². The van der Waals surface area contributed by atoms with E-state index >= 15 is 0 Å². The van der Waals surface area contributed by atoms with Gasteiger partial charge >= 0.3 is 12.1 Å². The van der Waals surface area contributed by atoms with Crippen LogP contribution in [0.2, 0.25) is 0 Å². The van der Waals surface area contributed by atoms with Crippen molar-refractivity contribution in [2.24, 2.45) is 0 Å². The second kappa shape index (κ2) is 11.3. The number of hydrogen-bond donors (Lipinski definition) is 3. The highest BCUT2D eigenvalue weighted by molar-refractivity contribution is 5.83. The van der Waals surface area contributed by atoms with Gasteiger partial charge in [0.05, 0.1) is 0 Å². The zero-order valence-electron chi connectivity index (χ0n) is 18.3. The lowest BCUT2D eigenvalue weighted by Crippen LogP contribution is -2.38. The summed E-state index contributed by atoms with van der Waals surface area (Å²) < 4.78 is 5.50. The molecule has 0 aromatic heterocycles. The lowest BCUT2D eigenvalue weighted by Gasteiger charge is -2.14. The van der Waals surface area contributed by atoms with Crippen LogP contribution in [-0.2, 0) is 14.3 Å². The van der Waals surface area contributed by atoms with Crippen molar-refractivity contribution in [3.8, 4) is 11.1 Å². The molecule has 0 heterocycles. The van der Waals surface area contributed by atoms with Crippen LogP contribution in [0, 0.1) is 0 Å². The number of unbranched alkanes of at least 4 members (excludes halogenated alkanes) is 3. The van der Waals surface area contributed by atoms with E-state index in [9.17, 15) is 14.4 Å². The molecule has 0 spiro atoms. The first-order valence-corrected chi connectivity index (χ1v) is 11.1. The van der Waals surface area contributed by atoms with Gasteiger partial charge in [-0.2, -0.15) is 0 Å². The largest absolute Gasteiger partial charge is 0.480 e. The predicted molar refractivity (Wildman–Crippen MR) is 121 cm³/mol. The molecule has 1 aliphatic rings. The van der Waals surface area contributed by atoms with Gasteiger partial charge in [0.2, 0.25) is 5.91 Å². The lowest BCUT2D eigenvalue weighted by molar-refractivity contribution is -0.141. The maximum Gasteiger partial charge on any atom is 0.407 e. The maximum atomic E-state index is 12.1. The standard InChI is InChI=1S/C25H30N2O5/c1-17(24(29)30)27-23(28)14-4-2-3-9-15-26-25(31)32-16-22-20-12-7-5-10-18(20)19-11-6-8-13-21(19)22/h5-8,10-13,17,22H,2-4,9,14-16H2,1H3,(H,26,31)(H,27,28)(H,29,30). The van der Waals surface area contributed by atoms with E-state index in [0.29, 0.717) is 26.0 Å². The van der Waals surface area contributed by atoms with Gasteiger partial charge < -0.3 is 20.5 Å². The summed E-state index contributed by atoms with van der Waals surface area (Å²) in [6, 6.07) is 15.6. The van der Waals surface area contributed by atoms with Crippen LogP contribution in [-0.4, -0.2) is 42.3 Å². The number of rotatable bonds is 11. The van der Waals surface area contributed by atoms with E-state index in [1.165, 1.54) is 29.2 Å². The number of fused-ring (bicyclic) bond motifs is 3. The van der Waals surface area contributed by atoms with Crippen molar-refractivity contribution in [1.82, 2.24) is 10.6 Å². The average molecular weight is 439 g/mol. The SMILES string of the molecule is CC(NC(=O)CCCCCCNC(=O)OCC1c2ccccc2-c2ccccc21)C(=O)O. The molecule has 0 radical (unpaired) electrons. The highest BCUT2D eigenvalue weighted by Crippen LogP contribution is 2.44. The average Bonchev–Trinajstić information content (AvgIpc) is 3.10. The van der Waals surface area contributed by atoms with Crippen molar-refractivity contribution in [2.75, 3.05) is 13.2 Å². The van der Waals surface area contributed by atoms with Crippen LogP contribution in [0.4, 0.5) is 4.79 Å². The molecule has 1 unspecified atom stereocenters. The molecule has 0 saturated heterocycles. The number of carbonyl (C=O) groups is 3. The minimum atomic E-state index is -1.04. The summed E-state index contributed by atoms with van der Waals surface area (Å²) >= 11 is 0. The van der Waals surface area contributed by atoms with Crippen molar-refractivity contribution in [3.05, 3.63) is 59.7 Å². The van der Waals surface area contributed by atoms with Gasteiger partial charge in [-0.15, -0.1) is 0 Å². The van der Waals surface area contributed by atoms with Gasteiger partial charge in [-0.05, 0) is 42.0 Å². The number of amides is 2. The van der Waals surface area contributed by atoms with Gasteiger partial charge in [-0.25, -0.2) is 4.79 Å². The highest BCUT2D eigenvalue weighted by Gasteiger charge is 2.28. The molecule has 2 amide bonds. The molecular formula is C25H30N2O5. The van der Waals surface area contributed by atoms with Crippen molar-refractivity contribution in [1.29, 1.82) is 0 Å². The fourth-order valence-electron chi connectivity index (χ4n) is 3.98.